The fourth-order valence-corrected chi connectivity index (χ4v) is 1.34. The third-order valence-electron chi connectivity index (χ3n) is 1.93. The maximum absolute atomic E-state index is 12.4. The molecular weight excluding hydrogens is 300 g/mol. The van der Waals surface area contributed by atoms with Crippen LogP contribution >= 0.6 is 11.6 Å². The molecule has 0 fully saturated rings. The van der Waals surface area contributed by atoms with Gasteiger partial charge in [-0.3, -0.25) is 0 Å². The van der Waals surface area contributed by atoms with Gasteiger partial charge in [0.05, 0.1) is 0 Å². The first-order valence-corrected chi connectivity index (χ1v) is 5.38. The molecular formula is C9H8ClF6N3. The number of alkyl halides is 6. The number of hydrogen-bond acceptors (Lipinski definition) is 3. The summed E-state index contributed by atoms with van der Waals surface area (Å²) in [6.07, 6.45) is -10.3. The third-order valence-corrected chi connectivity index (χ3v) is 2.10. The van der Waals surface area contributed by atoms with Crippen LogP contribution in [0.3, 0.4) is 0 Å². The number of rotatable bonds is 4. The molecule has 0 aromatic carbocycles. The van der Waals surface area contributed by atoms with Crippen LogP contribution in [0.4, 0.5) is 32.2 Å². The van der Waals surface area contributed by atoms with E-state index in [1.807, 2.05) is 0 Å². The standard InChI is InChI=1S/C9H8ClF6N3/c10-7-18-5(9(14,15)16)4-6(19-7)17-3-1-2-8(11,12)13/h4H,1-3H2,(H,17,18,19). The zero-order chi connectivity index (χ0) is 14.7. The maximum atomic E-state index is 12.4. The van der Waals surface area contributed by atoms with Crippen molar-refractivity contribution in [1.29, 1.82) is 0 Å². The van der Waals surface area contributed by atoms with Crippen LogP contribution in [0.25, 0.3) is 0 Å². The molecule has 1 aromatic rings. The van der Waals surface area contributed by atoms with E-state index in [9.17, 15) is 26.3 Å². The molecule has 0 aliphatic rings. The minimum absolute atomic E-state index is 0.176. The SMILES string of the molecule is FC(F)(F)CCCNc1cc(C(F)(F)F)nc(Cl)n1. The van der Waals surface area contributed by atoms with Gasteiger partial charge in [0.2, 0.25) is 5.28 Å². The van der Waals surface area contributed by atoms with Crippen molar-refractivity contribution in [3.05, 3.63) is 17.0 Å². The Bertz CT molecular complexity index is 431. The molecule has 19 heavy (non-hydrogen) atoms. The van der Waals surface area contributed by atoms with Crippen molar-refractivity contribution in [3.63, 3.8) is 0 Å². The maximum Gasteiger partial charge on any atom is 0.433 e. The molecule has 0 atom stereocenters. The van der Waals surface area contributed by atoms with E-state index in [-0.39, 0.29) is 18.8 Å². The van der Waals surface area contributed by atoms with Gasteiger partial charge in [-0.1, -0.05) is 0 Å². The molecule has 0 aliphatic carbocycles. The predicted octanol–water partition coefficient (Wildman–Crippen LogP) is 3.90. The molecule has 3 nitrogen and oxygen atoms in total. The van der Waals surface area contributed by atoms with E-state index in [0.717, 1.165) is 0 Å². The monoisotopic (exact) mass is 307 g/mol. The first-order valence-electron chi connectivity index (χ1n) is 5.00. The van der Waals surface area contributed by atoms with E-state index in [1.54, 1.807) is 0 Å². The molecule has 0 aliphatic heterocycles. The molecule has 0 saturated carbocycles. The molecule has 0 saturated heterocycles. The Morgan fingerprint density at radius 2 is 1.74 bits per heavy atom. The van der Waals surface area contributed by atoms with E-state index in [1.165, 1.54) is 0 Å². The largest absolute Gasteiger partial charge is 0.433 e. The molecule has 0 bridgehead atoms. The zero-order valence-corrected chi connectivity index (χ0v) is 9.99. The van der Waals surface area contributed by atoms with E-state index in [4.69, 9.17) is 11.6 Å². The second-order valence-corrected chi connectivity index (χ2v) is 3.89. The molecule has 0 amide bonds. The third kappa shape index (κ3) is 5.95. The van der Waals surface area contributed by atoms with Crippen molar-refractivity contribution in [2.45, 2.75) is 25.2 Å². The Labute approximate surface area is 109 Å². The van der Waals surface area contributed by atoms with Gasteiger partial charge < -0.3 is 5.32 Å². The summed E-state index contributed by atoms with van der Waals surface area (Å²) in [6, 6.07) is 0.583. The van der Waals surface area contributed by atoms with Crippen molar-refractivity contribution >= 4 is 17.4 Å². The van der Waals surface area contributed by atoms with Gasteiger partial charge in [-0.05, 0) is 18.0 Å². The van der Waals surface area contributed by atoms with E-state index in [2.05, 4.69) is 15.3 Å². The molecule has 0 unspecified atom stereocenters. The van der Waals surface area contributed by atoms with Gasteiger partial charge in [0.1, 0.15) is 5.82 Å². The molecule has 108 valence electrons. The molecule has 1 heterocycles. The Hall–Kier alpha value is -1.25. The van der Waals surface area contributed by atoms with Crippen LogP contribution in [0.1, 0.15) is 18.5 Å². The van der Waals surface area contributed by atoms with Crippen LogP contribution < -0.4 is 5.32 Å². The molecule has 0 spiro atoms. The Kier molecular flexibility index (Phi) is 4.83. The number of anilines is 1. The quantitative estimate of drug-likeness (QED) is 0.521. The molecule has 1 rings (SSSR count). The van der Waals surface area contributed by atoms with Crippen molar-refractivity contribution in [1.82, 2.24) is 9.97 Å². The number of halogens is 7. The van der Waals surface area contributed by atoms with Crippen molar-refractivity contribution in [2.75, 3.05) is 11.9 Å². The number of nitrogens with zero attached hydrogens (tertiary/aromatic N) is 2. The van der Waals surface area contributed by atoms with Crippen molar-refractivity contribution in [3.8, 4) is 0 Å². The second kappa shape index (κ2) is 5.81. The van der Waals surface area contributed by atoms with Crippen LogP contribution in [-0.4, -0.2) is 22.7 Å². The summed E-state index contributed by atoms with van der Waals surface area (Å²) in [4.78, 5) is 6.43. The lowest BCUT2D eigenvalue weighted by Crippen LogP contribution is -2.13. The smallest absolute Gasteiger partial charge is 0.370 e. The number of aromatic nitrogens is 2. The van der Waals surface area contributed by atoms with Crippen LogP contribution in [0, 0.1) is 0 Å². The van der Waals surface area contributed by atoms with Gasteiger partial charge in [0.25, 0.3) is 0 Å². The predicted molar refractivity (Wildman–Crippen MR) is 55.8 cm³/mol. The highest BCUT2D eigenvalue weighted by molar-refractivity contribution is 6.28. The van der Waals surface area contributed by atoms with Gasteiger partial charge in [0, 0.05) is 19.0 Å². The topological polar surface area (TPSA) is 37.8 Å². The van der Waals surface area contributed by atoms with Crippen molar-refractivity contribution < 1.29 is 26.3 Å². The first-order chi connectivity index (χ1) is 8.58. The molecule has 10 heteroatoms. The Balaban J connectivity index is 2.62. The highest BCUT2D eigenvalue weighted by atomic mass is 35.5. The summed E-state index contributed by atoms with van der Waals surface area (Å²) in [5.41, 5.74) is -1.26. The second-order valence-electron chi connectivity index (χ2n) is 3.55. The summed E-state index contributed by atoms with van der Waals surface area (Å²) in [7, 11) is 0. The average Bonchev–Trinajstić information content (AvgIpc) is 2.21. The number of nitrogens with one attached hydrogen (secondary N) is 1. The summed E-state index contributed by atoms with van der Waals surface area (Å²) >= 11 is 5.30. The highest BCUT2D eigenvalue weighted by Gasteiger charge is 2.33. The summed E-state index contributed by atoms with van der Waals surface area (Å²) < 4.78 is 72.6. The first kappa shape index (κ1) is 15.8. The molecule has 1 N–H and O–H groups in total. The summed E-state index contributed by atoms with van der Waals surface area (Å²) in [5.74, 6) is -0.269. The highest BCUT2D eigenvalue weighted by Crippen LogP contribution is 2.29. The van der Waals surface area contributed by atoms with Crippen LogP contribution in [-0.2, 0) is 6.18 Å². The van der Waals surface area contributed by atoms with E-state index < -0.39 is 29.8 Å². The Morgan fingerprint density at radius 1 is 1.11 bits per heavy atom. The summed E-state index contributed by atoms with van der Waals surface area (Å²) in [6.45, 7) is -0.176. The van der Waals surface area contributed by atoms with Gasteiger partial charge in [-0.2, -0.15) is 26.3 Å². The number of hydrogen-bond donors (Lipinski definition) is 1. The lowest BCUT2D eigenvalue weighted by atomic mass is 10.3. The average molecular weight is 308 g/mol. The van der Waals surface area contributed by atoms with Crippen LogP contribution in [0.2, 0.25) is 5.28 Å². The molecule has 1 aromatic heterocycles. The van der Waals surface area contributed by atoms with Gasteiger partial charge in [0.15, 0.2) is 5.69 Å². The van der Waals surface area contributed by atoms with Gasteiger partial charge in [-0.25, -0.2) is 9.97 Å². The fraction of sp³-hybridized carbons (Fsp3) is 0.556. The minimum atomic E-state index is -4.70. The fourth-order valence-electron chi connectivity index (χ4n) is 1.16. The van der Waals surface area contributed by atoms with Gasteiger partial charge in [-0.15, -0.1) is 0 Å². The molecule has 0 radical (unpaired) electrons. The Morgan fingerprint density at radius 3 is 2.26 bits per heavy atom. The van der Waals surface area contributed by atoms with Gasteiger partial charge >= 0.3 is 12.4 Å². The summed E-state index contributed by atoms with van der Waals surface area (Å²) in [5, 5.41) is 1.70. The lowest BCUT2D eigenvalue weighted by Gasteiger charge is -2.10. The minimum Gasteiger partial charge on any atom is -0.370 e. The normalized spacial score (nSPS) is 12.6. The van der Waals surface area contributed by atoms with Crippen molar-refractivity contribution in [2.24, 2.45) is 0 Å². The lowest BCUT2D eigenvalue weighted by molar-refractivity contribution is -0.141. The van der Waals surface area contributed by atoms with Crippen LogP contribution in [0.5, 0.6) is 0 Å². The zero-order valence-electron chi connectivity index (χ0n) is 9.24. The van der Waals surface area contributed by atoms with Crippen LogP contribution in [0.15, 0.2) is 6.07 Å². The van der Waals surface area contributed by atoms with E-state index >= 15 is 0 Å². The van der Waals surface area contributed by atoms with E-state index in [0.29, 0.717) is 6.07 Å².